The molecule has 0 spiro atoms. The number of hydrogen-bond acceptors (Lipinski definition) is 4. The second-order valence-electron chi connectivity index (χ2n) is 6.43. The molecule has 3 atom stereocenters. The van der Waals surface area contributed by atoms with E-state index in [1.165, 1.54) is 29.7 Å². The Kier molecular flexibility index (Phi) is 4.65. The van der Waals surface area contributed by atoms with Gasteiger partial charge in [-0.05, 0) is 36.4 Å². The molecule has 0 aliphatic carbocycles. The van der Waals surface area contributed by atoms with Gasteiger partial charge in [0.1, 0.15) is 6.23 Å². The minimum atomic E-state index is -0.222. The first-order valence-electron chi connectivity index (χ1n) is 8.59. The molecule has 3 heterocycles. The Balaban J connectivity index is 1.51. The van der Waals surface area contributed by atoms with Crippen LogP contribution in [0.3, 0.4) is 0 Å². The number of piperidine rings is 1. The number of nitrogens with zero attached hydrogens (tertiary/aromatic N) is 1. The second kappa shape index (κ2) is 7.05. The van der Waals surface area contributed by atoms with Crippen molar-refractivity contribution >= 4 is 17.2 Å². The van der Waals surface area contributed by atoms with Gasteiger partial charge in [0.2, 0.25) is 0 Å². The lowest BCUT2D eigenvalue weighted by Crippen LogP contribution is -2.60. The third kappa shape index (κ3) is 3.11. The Morgan fingerprint density at radius 2 is 2.04 bits per heavy atom. The van der Waals surface area contributed by atoms with Gasteiger partial charge >= 0.3 is 0 Å². The largest absolute Gasteiger partial charge is 0.355 e. The Bertz CT molecular complexity index is 674. The van der Waals surface area contributed by atoms with Crippen molar-refractivity contribution in [3.05, 3.63) is 58.3 Å². The van der Waals surface area contributed by atoms with Crippen molar-refractivity contribution < 1.29 is 9.53 Å². The molecule has 5 heteroatoms. The number of nitrogens with one attached hydrogen (secondary N) is 1. The minimum Gasteiger partial charge on any atom is -0.355 e. The first-order chi connectivity index (χ1) is 11.8. The average Bonchev–Trinajstić information content (AvgIpc) is 3.17. The summed E-state index contributed by atoms with van der Waals surface area (Å²) in [5.74, 6) is -0.0290. The number of hydrogen-bond donors (Lipinski definition) is 1. The zero-order valence-corrected chi connectivity index (χ0v) is 14.4. The number of rotatable bonds is 3. The van der Waals surface area contributed by atoms with Gasteiger partial charge in [-0.25, -0.2) is 0 Å². The molecule has 1 N–H and O–H groups in total. The number of ether oxygens (including phenoxy) is 1. The number of fused-ring (bicyclic) bond motifs is 1. The zero-order chi connectivity index (χ0) is 16.4. The number of benzene rings is 1. The number of carbonyl (C=O) groups excluding carboxylic acids is 1. The molecule has 1 amide bonds. The summed E-state index contributed by atoms with van der Waals surface area (Å²) in [5, 5.41) is 5.03. The molecule has 0 bridgehead atoms. The lowest BCUT2D eigenvalue weighted by molar-refractivity contribution is -0.125. The summed E-state index contributed by atoms with van der Waals surface area (Å²) in [6, 6.07) is 14.8. The molecule has 2 aromatic rings. The fraction of sp³-hybridized carbons (Fsp3) is 0.421. The van der Waals surface area contributed by atoms with Gasteiger partial charge in [-0.15, -0.1) is 11.3 Å². The monoisotopic (exact) mass is 342 g/mol. The van der Waals surface area contributed by atoms with Crippen molar-refractivity contribution in [2.24, 2.45) is 0 Å². The topological polar surface area (TPSA) is 41.6 Å². The summed E-state index contributed by atoms with van der Waals surface area (Å²) in [7, 11) is 0. The zero-order valence-electron chi connectivity index (χ0n) is 13.6. The van der Waals surface area contributed by atoms with E-state index in [-0.39, 0.29) is 24.2 Å². The molecule has 2 aliphatic heterocycles. The van der Waals surface area contributed by atoms with Gasteiger partial charge < -0.3 is 10.1 Å². The van der Waals surface area contributed by atoms with Crippen molar-refractivity contribution in [1.82, 2.24) is 10.2 Å². The molecule has 0 radical (unpaired) electrons. The van der Waals surface area contributed by atoms with Crippen LogP contribution in [0.15, 0.2) is 47.8 Å². The van der Waals surface area contributed by atoms with E-state index in [1.54, 1.807) is 0 Å². The standard InChI is InChI=1S/C19H22N2O2S/c22-18(17-10-6-12-24-17)20-19-15-9-4-5-11-21(15)16(13-23-19)14-7-2-1-3-8-14/h1-3,6-8,10,12,15-16,19H,4-5,9,11,13H2,(H,20,22)/t15-,16-,19+/m0/s1. The molecule has 2 fully saturated rings. The van der Waals surface area contributed by atoms with E-state index in [4.69, 9.17) is 4.74 Å². The van der Waals surface area contributed by atoms with Crippen molar-refractivity contribution in [3.8, 4) is 0 Å². The van der Waals surface area contributed by atoms with Crippen LogP contribution >= 0.6 is 11.3 Å². The average molecular weight is 342 g/mol. The SMILES string of the molecule is O=C(N[C@@H]1OC[C@@H](c2ccccc2)N2CCCC[C@@H]12)c1cccs1. The smallest absolute Gasteiger partial charge is 0.263 e. The number of thiophene rings is 1. The summed E-state index contributed by atoms with van der Waals surface area (Å²) in [6.45, 7) is 1.69. The van der Waals surface area contributed by atoms with Crippen LogP contribution in [0.4, 0.5) is 0 Å². The van der Waals surface area contributed by atoms with Crippen LogP contribution in [-0.4, -0.2) is 36.2 Å². The first-order valence-corrected chi connectivity index (χ1v) is 9.47. The van der Waals surface area contributed by atoms with Gasteiger partial charge in [0.25, 0.3) is 5.91 Å². The van der Waals surface area contributed by atoms with Crippen LogP contribution in [0.1, 0.15) is 40.5 Å². The van der Waals surface area contributed by atoms with Gasteiger partial charge in [0.05, 0.1) is 23.6 Å². The third-order valence-electron chi connectivity index (χ3n) is 4.98. The van der Waals surface area contributed by atoms with E-state index in [0.717, 1.165) is 17.8 Å². The fourth-order valence-electron chi connectivity index (χ4n) is 3.80. The maximum absolute atomic E-state index is 12.4. The van der Waals surface area contributed by atoms with Crippen molar-refractivity contribution in [2.45, 2.75) is 37.6 Å². The molecule has 2 aliphatic rings. The van der Waals surface area contributed by atoms with E-state index < -0.39 is 0 Å². The first kappa shape index (κ1) is 15.8. The predicted octanol–water partition coefficient (Wildman–Crippen LogP) is 3.43. The minimum absolute atomic E-state index is 0.0290. The predicted molar refractivity (Wildman–Crippen MR) is 95.1 cm³/mol. The van der Waals surface area contributed by atoms with Crippen LogP contribution in [0.5, 0.6) is 0 Å². The molecular weight excluding hydrogens is 320 g/mol. The summed E-state index contributed by atoms with van der Waals surface area (Å²) in [6.07, 6.45) is 3.25. The second-order valence-corrected chi connectivity index (χ2v) is 7.38. The Morgan fingerprint density at radius 3 is 2.83 bits per heavy atom. The highest BCUT2D eigenvalue weighted by Crippen LogP contribution is 2.34. The molecule has 4 nitrogen and oxygen atoms in total. The molecule has 0 unspecified atom stereocenters. The highest BCUT2D eigenvalue weighted by atomic mass is 32.1. The van der Waals surface area contributed by atoms with E-state index in [1.807, 2.05) is 23.6 Å². The summed E-state index contributed by atoms with van der Waals surface area (Å²) in [4.78, 5) is 15.7. The fourth-order valence-corrected chi connectivity index (χ4v) is 4.43. The summed E-state index contributed by atoms with van der Waals surface area (Å²) < 4.78 is 6.11. The highest BCUT2D eigenvalue weighted by Gasteiger charge is 2.40. The highest BCUT2D eigenvalue weighted by molar-refractivity contribution is 7.12. The number of carbonyl (C=O) groups is 1. The van der Waals surface area contributed by atoms with E-state index in [9.17, 15) is 4.79 Å². The van der Waals surface area contributed by atoms with Crippen LogP contribution in [0, 0.1) is 0 Å². The summed E-state index contributed by atoms with van der Waals surface area (Å²) in [5.41, 5.74) is 1.30. The third-order valence-corrected chi connectivity index (χ3v) is 5.85. The van der Waals surface area contributed by atoms with Crippen molar-refractivity contribution in [2.75, 3.05) is 13.2 Å². The van der Waals surface area contributed by atoms with Crippen LogP contribution in [0.25, 0.3) is 0 Å². The van der Waals surface area contributed by atoms with Gasteiger partial charge in [0, 0.05) is 0 Å². The van der Waals surface area contributed by atoms with E-state index >= 15 is 0 Å². The number of morpholine rings is 1. The Morgan fingerprint density at radius 1 is 1.17 bits per heavy atom. The summed E-state index contributed by atoms with van der Waals surface area (Å²) >= 11 is 1.47. The molecule has 1 aromatic carbocycles. The maximum atomic E-state index is 12.4. The molecule has 4 rings (SSSR count). The lowest BCUT2D eigenvalue weighted by Gasteiger charge is -2.48. The van der Waals surface area contributed by atoms with Crippen LogP contribution < -0.4 is 5.32 Å². The lowest BCUT2D eigenvalue weighted by atomic mass is 9.93. The molecule has 24 heavy (non-hydrogen) atoms. The van der Waals surface area contributed by atoms with E-state index in [2.05, 4.69) is 34.5 Å². The molecule has 1 aromatic heterocycles. The quantitative estimate of drug-likeness (QED) is 0.929. The van der Waals surface area contributed by atoms with Crippen molar-refractivity contribution in [1.29, 1.82) is 0 Å². The molecule has 126 valence electrons. The normalized spacial score (nSPS) is 27.4. The van der Waals surface area contributed by atoms with Gasteiger partial charge in [0.15, 0.2) is 0 Å². The molecule has 0 saturated carbocycles. The van der Waals surface area contributed by atoms with Gasteiger partial charge in [-0.2, -0.15) is 0 Å². The van der Waals surface area contributed by atoms with Crippen molar-refractivity contribution in [3.63, 3.8) is 0 Å². The Hall–Kier alpha value is -1.69. The van der Waals surface area contributed by atoms with Gasteiger partial charge in [-0.1, -0.05) is 42.8 Å². The van der Waals surface area contributed by atoms with Crippen LogP contribution in [-0.2, 0) is 4.74 Å². The maximum Gasteiger partial charge on any atom is 0.263 e. The molecule has 2 saturated heterocycles. The number of amides is 1. The van der Waals surface area contributed by atoms with Crippen LogP contribution in [0.2, 0.25) is 0 Å². The Labute approximate surface area is 146 Å². The molecular formula is C19H22N2O2S. The van der Waals surface area contributed by atoms with E-state index in [0.29, 0.717) is 6.61 Å². The van der Waals surface area contributed by atoms with Gasteiger partial charge in [-0.3, -0.25) is 9.69 Å².